The minimum Gasteiger partial charge on any atom is -0.497 e. The van der Waals surface area contributed by atoms with Gasteiger partial charge in [-0.1, -0.05) is 12.1 Å². The highest BCUT2D eigenvalue weighted by Gasteiger charge is 2.13. The van der Waals surface area contributed by atoms with E-state index in [1.165, 1.54) is 0 Å². The van der Waals surface area contributed by atoms with Gasteiger partial charge >= 0.3 is 0 Å². The Balaban J connectivity index is 1.74. The molecule has 4 rings (SSSR count). The molecule has 2 aromatic carbocycles. The maximum atomic E-state index is 11.5. The summed E-state index contributed by atoms with van der Waals surface area (Å²) in [5, 5.41) is 4.55. The minimum absolute atomic E-state index is 0.412. The van der Waals surface area contributed by atoms with Crippen LogP contribution in [-0.2, 0) is 6.42 Å². The fourth-order valence-electron chi connectivity index (χ4n) is 3.11. The second-order valence-corrected chi connectivity index (χ2v) is 6.41. The van der Waals surface area contributed by atoms with Crippen LogP contribution in [0.25, 0.3) is 16.9 Å². The molecule has 0 unspecified atom stereocenters. The number of amides is 1. The first-order valence-electron chi connectivity index (χ1n) is 8.90. The molecule has 0 bridgehead atoms. The molecule has 0 aliphatic heterocycles. The van der Waals surface area contributed by atoms with Crippen LogP contribution in [0.3, 0.4) is 0 Å². The molecular formula is C21H19N5O3. The molecule has 8 nitrogen and oxygen atoms in total. The molecule has 0 aliphatic rings. The molecule has 0 spiro atoms. The molecule has 2 heterocycles. The van der Waals surface area contributed by atoms with Gasteiger partial charge in [-0.05, 0) is 29.8 Å². The summed E-state index contributed by atoms with van der Waals surface area (Å²) >= 11 is 0. The number of hydrogen-bond acceptors (Lipinski definition) is 6. The smallest absolute Gasteiger partial charge is 0.248 e. The number of aromatic nitrogens is 4. The number of benzene rings is 2. The molecule has 29 heavy (non-hydrogen) atoms. The summed E-state index contributed by atoms with van der Waals surface area (Å²) < 4.78 is 12.3. The zero-order valence-corrected chi connectivity index (χ0v) is 16.0. The Morgan fingerprint density at radius 3 is 2.55 bits per heavy atom. The number of primary amides is 1. The van der Waals surface area contributed by atoms with Crippen LogP contribution in [0.2, 0.25) is 0 Å². The quantitative estimate of drug-likeness (QED) is 0.543. The van der Waals surface area contributed by atoms with E-state index in [9.17, 15) is 4.79 Å². The zero-order valence-electron chi connectivity index (χ0n) is 16.0. The highest BCUT2D eigenvalue weighted by Crippen LogP contribution is 2.25. The third-order valence-electron chi connectivity index (χ3n) is 4.49. The maximum Gasteiger partial charge on any atom is 0.248 e. The summed E-state index contributed by atoms with van der Waals surface area (Å²) in [5.74, 6) is 1.54. The minimum atomic E-state index is -0.493. The van der Waals surface area contributed by atoms with Gasteiger partial charge in [-0.25, -0.2) is 9.50 Å². The monoisotopic (exact) mass is 389 g/mol. The molecule has 0 saturated carbocycles. The Kier molecular flexibility index (Phi) is 4.82. The van der Waals surface area contributed by atoms with Gasteiger partial charge in [-0.15, -0.1) is 0 Å². The van der Waals surface area contributed by atoms with Crippen molar-refractivity contribution in [1.82, 2.24) is 19.6 Å². The average molecular weight is 389 g/mol. The van der Waals surface area contributed by atoms with Crippen LogP contribution in [0, 0.1) is 0 Å². The molecule has 146 valence electrons. The molecule has 4 aromatic rings. The molecule has 0 saturated heterocycles. The summed E-state index contributed by atoms with van der Waals surface area (Å²) in [6.45, 7) is 0. The topological polar surface area (TPSA) is 105 Å². The number of fused-ring (bicyclic) bond motifs is 1. The third kappa shape index (κ3) is 3.73. The number of hydrogen-bond donors (Lipinski definition) is 1. The number of carbonyl (C=O) groups excluding carboxylic acids is 1. The second-order valence-electron chi connectivity index (χ2n) is 6.41. The molecule has 0 atom stereocenters. The number of nitrogens with zero attached hydrogens (tertiary/aromatic N) is 4. The summed E-state index contributed by atoms with van der Waals surface area (Å²) in [6.07, 6.45) is 3.88. The molecule has 2 aromatic heterocycles. The van der Waals surface area contributed by atoms with Gasteiger partial charge in [-0.2, -0.15) is 5.10 Å². The Morgan fingerprint density at radius 1 is 1.10 bits per heavy atom. The van der Waals surface area contributed by atoms with Gasteiger partial charge in [-0.3, -0.25) is 9.78 Å². The predicted molar refractivity (Wildman–Crippen MR) is 107 cm³/mol. The molecule has 0 radical (unpaired) electrons. The summed E-state index contributed by atoms with van der Waals surface area (Å²) in [6, 6.07) is 12.6. The van der Waals surface area contributed by atoms with Crippen molar-refractivity contribution < 1.29 is 14.3 Å². The molecular weight excluding hydrogens is 370 g/mol. The summed E-state index contributed by atoms with van der Waals surface area (Å²) in [4.78, 5) is 20.6. The lowest BCUT2D eigenvalue weighted by Gasteiger charge is -2.07. The van der Waals surface area contributed by atoms with E-state index in [2.05, 4.69) is 15.1 Å². The maximum absolute atomic E-state index is 11.5. The van der Waals surface area contributed by atoms with E-state index < -0.39 is 5.91 Å². The van der Waals surface area contributed by atoms with Crippen molar-refractivity contribution in [3.63, 3.8) is 0 Å². The molecule has 2 N–H and O–H groups in total. The van der Waals surface area contributed by atoms with Gasteiger partial charge in [0.15, 0.2) is 11.5 Å². The van der Waals surface area contributed by atoms with Gasteiger partial charge in [0.25, 0.3) is 0 Å². The van der Waals surface area contributed by atoms with Crippen LogP contribution < -0.4 is 15.2 Å². The van der Waals surface area contributed by atoms with Crippen LogP contribution in [0.15, 0.2) is 54.9 Å². The van der Waals surface area contributed by atoms with Crippen molar-refractivity contribution in [3.05, 3.63) is 71.8 Å². The van der Waals surface area contributed by atoms with E-state index in [1.54, 1.807) is 49.3 Å². The number of carbonyl (C=O) groups is 1. The first-order valence-corrected chi connectivity index (χ1v) is 8.90. The number of nitrogens with two attached hydrogens (primary N) is 1. The lowest BCUT2D eigenvalue weighted by molar-refractivity contribution is 0.100. The van der Waals surface area contributed by atoms with Crippen LogP contribution in [0.5, 0.6) is 11.5 Å². The SMILES string of the molecule is COc1cc(Cc2nc3c(-c4cccc(C(N)=O)c4)nccn3n2)cc(OC)c1. The van der Waals surface area contributed by atoms with Crippen molar-refractivity contribution in [2.24, 2.45) is 5.73 Å². The number of ether oxygens (including phenoxy) is 2. The van der Waals surface area contributed by atoms with E-state index in [0.717, 1.165) is 11.1 Å². The van der Waals surface area contributed by atoms with Crippen LogP contribution >= 0.6 is 0 Å². The molecule has 0 fully saturated rings. The van der Waals surface area contributed by atoms with Gasteiger partial charge < -0.3 is 15.2 Å². The van der Waals surface area contributed by atoms with E-state index in [4.69, 9.17) is 15.2 Å². The fraction of sp³-hybridized carbons (Fsp3) is 0.143. The molecule has 8 heteroatoms. The van der Waals surface area contributed by atoms with Crippen LogP contribution in [0.4, 0.5) is 0 Å². The molecule has 1 amide bonds. The Morgan fingerprint density at radius 2 is 1.86 bits per heavy atom. The second kappa shape index (κ2) is 7.59. The lowest BCUT2D eigenvalue weighted by atomic mass is 10.1. The third-order valence-corrected chi connectivity index (χ3v) is 4.49. The van der Waals surface area contributed by atoms with Gasteiger partial charge in [0.2, 0.25) is 5.91 Å². The number of methoxy groups -OCH3 is 2. The zero-order chi connectivity index (χ0) is 20.4. The predicted octanol–water partition coefficient (Wildman–Crippen LogP) is 2.50. The Hall–Kier alpha value is -3.94. The highest BCUT2D eigenvalue weighted by molar-refractivity contribution is 5.94. The standard InChI is InChI=1S/C21H19N5O3/c1-28-16-8-13(9-17(12-16)29-2)10-18-24-21-19(23-6-7-26(21)25-18)14-4-3-5-15(11-14)20(22)27/h3-9,11-12H,10H2,1-2H3,(H2,22,27). The van der Waals surface area contributed by atoms with Crippen molar-refractivity contribution in [2.75, 3.05) is 14.2 Å². The first-order chi connectivity index (χ1) is 14.1. The average Bonchev–Trinajstić information content (AvgIpc) is 3.15. The Labute approximate surface area is 166 Å². The highest BCUT2D eigenvalue weighted by atomic mass is 16.5. The lowest BCUT2D eigenvalue weighted by Crippen LogP contribution is -2.10. The first kappa shape index (κ1) is 18.4. The van der Waals surface area contributed by atoms with E-state index in [1.807, 2.05) is 24.3 Å². The largest absolute Gasteiger partial charge is 0.497 e. The van der Waals surface area contributed by atoms with Gasteiger partial charge in [0.05, 0.1) is 14.2 Å². The van der Waals surface area contributed by atoms with E-state index in [0.29, 0.717) is 40.6 Å². The number of rotatable bonds is 6. The van der Waals surface area contributed by atoms with Gasteiger partial charge in [0.1, 0.15) is 17.2 Å². The Bertz CT molecular complexity index is 1180. The van der Waals surface area contributed by atoms with Crippen LogP contribution in [0.1, 0.15) is 21.7 Å². The van der Waals surface area contributed by atoms with Crippen molar-refractivity contribution >= 4 is 11.6 Å². The fourth-order valence-corrected chi connectivity index (χ4v) is 3.11. The summed E-state index contributed by atoms with van der Waals surface area (Å²) in [7, 11) is 3.22. The van der Waals surface area contributed by atoms with Crippen molar-refractivity contribution in [1.29, 1.82) is 0 Å². The van der Waals surface area contributed by atoms with Crippen molar-refractivity contribution in [3.8, 4) is 22.8 Å². The van der Waals surface area contributed by atoms with Crippen LogP contribution in [-0.4, -0.2) is 39.7 Å². The van der Waals surface area contributed by atoms with E-state index >= 15 is 0 Å². The van der Waals surface area contributed by atoms with Crippen molar-refractivity contribution in [2.45, 2.75) is 6.42 Å². The van der Waals surface area contributed by atoms with Gasteiger partial charge in [0, 0.05) is 36.0 Å². The molecule has 0 aliphatic carbocycles. The normalized spacial score (nSPS) is 10.8. The van der Waals surface area contributed by atoms with E-state index in [-0.39, 0.29) is 0 Å². The summed E-state index contributed by atoms with van der Waals surface area (Å²) in [5.41, 5.74) is 8.73.